The van der Waals surface area contributed by atoms with Crippen LogP contribution >= 0.6 is 39.5 Å². The van der Waals surface area contributed by atoms with Gasteiger partial charge in [-0.3, -0.25) is 19.3 Å². The van der Waals surface area contributed by atoms with Crippen molar-refractivity contribution in [3.8, 4) is 11.5 Å². The normalized spacial score (nSPS) is 14.0. The number of carbonyl (C=O) groups excluding carboxylic acids is 3. The van der Waals surface area contributed by atoms with Crippen LogP contribution in [0.5, 0.6) is 11.5 Å². The molecule has 1 aliphatic rings. The number of carbonyl (C=O) groups is 3. The van der Waals surface area contributed by atoms with E-state index in [4.69, 9.17) is 9.47 Å². The highest BCUT2D eigenvalue weighted by Gasteiger charge is 2.36. The van der Waals surface area contributed by atoms with Gasteiger partial charge in [0.15, 0.2) is 11.5 Å². The molecule has 3 amide bonds. The van der Waals surface area contributed by atoms with E-state index in [1.54, 1.807) is 43.2 Å². The van der Waals surface area contributed by atoms with Gasteiger partial charge in [0.2, 0.25) is 5.91 Å². The lowest BCUT2D eigenvalue weighted by Crippen LogP contribution is -2.36. The van der Waals surface area contributed by atoms with Crippen LogP contribution in [0.4, 0.5) is 10.5 Å². The second-order valence-corrected chi connectivity index (χ2v) is 11.5. The molecule has 206 valence electrons. The molecule has 0 unspecified atom stereocenters. The standard InChI is InChI=1S/C30H27BrN2O5S2/c1-4-6-21-13-20(14-25(37-2)28(21)38-18-19-9-11-22(31)12-10-19)15-26-29(35)33(30(36)40-26)17-27(34)32-23-7-5-8-24(16-23)39-3/h4-5,7-16H,1,6,17-18H2,2-3H3,(H,32,34)/b26-15-. The van der Waals surface area contributed by atoms with Crippen LogP contribution in [-0.2, 0) is 22.6 Å². The molecule has 1 fully saturated rings. The van der Waals surface area contributed by atoms with Gasteiger partial charge in [0.1, 0.15) is 13.2 Å². The molecule has 3 aromatic rings. The number of hydrogen-bond donors (Lipinski definition) is 1. The highest BCUT2D eigenvalue weighted by molar-refractivity contribution is 9.10. The van der Waals surface area contributed by atoms with E-state index in [2.05, 4.69) is 27.8 Å². The van der Waals surface area contributed by atoms with E-state index in [-0.39, 0.29) is 11.4 Å². The number of nitrogens with one attached hydrogen (secondary N) is 1. The lowest BCUT2D eigenvalue weighted by Gasteiger charge is -2.16. The van der Waals surface area contributed by atoms with Gasteiger partial charge in [-0.25, -0.2) is 0 Å². The molecule has 40 heavy (non-hydrogen) atoms. The summed E-state index contributed by atoms with van der Waals surface area (Å²) < 4.78 is 12.7. The summed E-state index contributed by atoms with van der Waals surface area (Å²) in [6.07, 6.45) is 5.83. The molecule has 1 N–H and O–H groups in total. The van der Waals surface area contributed by atoms with Gasteiger partial charge in [0.25, 0.3) is 11.1 Å². The molecular weight excluding hydrogens is 612 g/mol. The average molecular weight is 640 g/mol. The molecule has 0 radical (unpaired) electrons. The Labute approximate surface area is 250 Å². The van der Waals surface area contributed by atoms with Gasteiger partial charge in [-0.05, 0) is 84.1 Å². The second kappa shape index (κ2) is 13.7. The van der Waals surface area contributed by atoms with Crippen molar-refractivity contribution in [2.24, 2.45) is 0 Å². The second-order valence-electron chi connectivity index (χ2n) is 8.67. The average Bonchev–Trinajstić information content (AvgIpc) is 3.20. The lowest BCUT2D eigenvalue weighted by atomic mass is 10.0. The maximum atomic E-state index is 13.1. The monoisotopic (exact) mass is 638 g/mol. The Hall–Kier alpha value is -3.47. The molecule has 1 heterocycles. The van der Waals surface area contributed by atoms with Crippen molar-refractivity contribution in [3.05, 3.63) is 99.4 Å². The number of benzene rings is 3. The molecule has 0 aliphatic carbocycles. The number of ether oxygens (including phenoxy) is 2. The van der Waals surface area contributed by atoms with Crippen LogP contribution < -0.4 is 14.8 Å². The Morgan fingerprint density at radius 3 is 2.62 bits per heavy atom. The van der Waals surface area contributed by atoms with Gasteiger partial charge >= 0.3 is 0 Å². The minimum Gasteiger partial charge on any atom is -0.493 e. The van der Waals surface area contributed by atoms with Crippen molar-refractivity contribution in [2.45, 2.75) is 17.9 Å². The summed E-state index contributed by atoms with van der Waals surface area (Å²) in [5.41, 5.74) is 3.08. The highest BCUT2D eigenvalue weighted by atomic mass is 79.9. The van der Waals surface area contributed by atoms with E-state index in [1.807, 2.05) is 54.8 Å². The molecule has 0 spiro atoms. The number of amides is 3. The van der Waals surface area contributed by atoms with Crippen LogP contribution in [0.25, 0.3) is 6.08 Å². The third-order valence-corrected chi connectivity index (χ3v) is 8.02. The molecule has 3 aromatic carbocycles. The van der Waals surface area contributed by atoms with E-state index in [0.29, 0.717) is 35.8 Å². The molecule has 0 atom stereocenters. The van der Waals surface area contributed by atoms with Gasteiger partial charge in [-0.2, -0.15) is 0 Å². The molecule has 0 aromatic heterocycles. The Morgan fingerprint density at radius 1 is 1.15 bits per heavy atom. The highest BCUT2D eigenvalue weighted by Crippen LogP contribution is 2.37. The van der Waals surface area contributed by atoms with Crippen molar-refractivity contribution < 1.29 is 23.9 Å². The summed E-state index contributed by atoms with van der Waals surface area (Å²) in [5, 5.41) is 2.25. The fraction of sp³-hybridized carbons (Fsp3) is 0.167. The predicted octanol–water partition coefficient (Wildman–Crippen LogP) is 7.16. The van der Waals surface area contributed by atoms with Crippen molar-refractivity contribution in [1.29, 1.82) is 0 Å². The summed E-state index contributed by atoms with van der Waals surface area (Å²) in [7, 11) is 1.55. The number of nitrogens with zero attached hydrogens (tertiary/aromatic N) is 1. The van der Waals surface area contributed by atoms with Crippen molar-refractivity contribution in [2.75, 3.05) is 25.2 Å². The minimum absolute atomic E-state index is 0.220. The van der Waals surface area contributed by atoms with Crippen LogP contribution in [0.2, 0.25) is 0 Å². The molecule has 1 aliphatic heterocycles. The molecule has 0 bridgehead atoms. The molecular formula is C30H27BrN2O5S2. The molecule has 0 saturated carbocycles. The van der Waals surface area contributed by atoms with Crippen molar-refractivity contribution >= 4 is 68.3 Å². The third-order valence-electron chi connectivity index (χ3n) is 5.86. The van der Waals surface area contributed by atoms with E-state index in [9.17, 15) is 14.4 Å². The minimum atomic E-state index is -0.525. The SMILES string of the molecule is C=CCc1cc(/C=C2\SC(=O)N(CC(=O)Nc3cccc(SC)c3)C2=O)cc(OC)c1OCc1ccc(Br)cc1. The van der Waals surface area contributed by atoms with Crippen LogP contribution in [0.3, 0.4) is 0 Å². The fourth-order valence-corrected chi connectivity index (χ4v) is 5.52. The Morgan fingerprint density at radius 2 is 1.93 bits per heavy atom. The fourth-order valence-electron chi connectivity index (χ4n) is 3.96. The number of anilines is 1. The number of imide groups is 1. The van der Waals surface area contributed by atoms with Gasteiger partial charge in [0.05, 0.1) is 12.0 Å². The summed E-state index contributed by atoms with van der Waals surface area (Å²) in [6.45, 7) is 3.81. The summed E-state index contributed by atoms with van der Waals surface area (Å²) in [4.78, 5) is 40.5. The van der Waals surface area contributed by atoms with Gasteiger partial charge < -0.3 is 14.8 Å². The van der Waals surface area contributed by atoms with Crippen LogP contribution in [-0.4, -0.2) is 41.9 Å². The first-order valence-corrected chi connectivity index (χ1v) is 15.0. The zero-order valence-corrected chi connectivity index (χ0v) is 25.2. The third kappa shape index (κ3) is 7.38. The Balaban J connectivity index is 1.51. The zero-order chi connectivity index (χ0) is 28.6. The zero-order valence-electron chi connectivity index (χ0n) is 21.9. The first-order valence-electron chi connectivity index (χ1n) is 12.2. The molecule has 1 saturated heterocycles. The van der Waals surface area contributed by atoms with E-state index in [1.165, 1.54) is 0 Å². The Bertz CT molecular complexity index is 1470. The van der Waals surface area contributed by atoms with Gasteiger partial charge in [0, 0.05) is 20.6 Å². The van der Waals surface area contributed by atoms with Crippen LogP contribution in [0.1, 0.15) is 16.7 Å². The molecule has 4 rings (SSSR count). The smallest absolute Gasteiger partial charge is 0.294 e. The predicted molar refractivity (Wildman–Crippen MR) is 165 cm³/mol. The first-order chi connectivity index (χ1) is 19.3. The number of methoxy groups -OCH3 is 1. The number of allylic oxidation sites excluding steroid dienone is 1. The quantitative estimate of drug-likeness (QED) is 0.135. The molecule has 10 heteroatoms. The first kappa shape index (κ1) is 29.5. The summed E-state index contributed by atoms with van der Waals surface area (Å²) in [6, 6.07) is 18.8. The number of rotatable bonds is 11. The topological polar surface area (TPSA) is 84.9 Å². The maximum Gasteiger partial charge on any atom is 0.294 e. The number of thioether (sulfide) groups is 2. The van der Waals surface area contributed by atoms with E-state index >= 15 is 0 Å². The lowest BCUT2D eigenvalue weighted by molar-refractivity contribution is -0.127. The van der Waals surface area contributed by atoms with Gasteiger partial charge in [-0.1, -0.05) is 40.2 Å². The molecule has 7 nitrogen and oxygen atoms in total. The summed E-state index contributed by atoms with van der Waals surface area (Å²) in [5.74, 6) is 0.0958. The van der Waals surface area contributed by atoms with Crippen molar-refractivity contribution in [1.82, 2.24) is 4.90 Å². The van der Waals surface area contributed by atoms with E-state index in [0.717, 1.165) is 37.2 Å². The van der Waals surface area contributed by atoms with Crippen molar-refractivity contribution in [3.63, 3.8) is 0 Å². The van der Waals surface area contributed by atoms with Crippen LogP contribution in [0, 0.1) is 0 Å². The van der Waals surface area contributed by atoms with E-state index < -0.39 is 17.1 Å². The largest absolute Gasteiger partial charge is 0.493 e. The van der Waals surface area contributed by atoms with Crippen LogP contribution in [0.15, 0.2) is 87.6 Å². The number of hydrogen-bond acceptors (Lipinski definition) is 7. The Kier molecular flexibility index (Phi) is 10.1. The van der Waals surface area contributed by atoms with Gasteiger partial charge in [-0.15, -0.1) is 18.3 Å². The maximum absolute atomic E-state index is 13.1. The number of halogens is 1. The summed E-state index contributed by atoms with van der Waals surface area (Å²) >= 11 is 5.78.